The standard InChI is InChI=1S/C70H130O13Si5/c1-45-38-51-33-36-55-46(2)39-50(75-55)32-30-48(71)31-35-57(81-86(24,25)68(10,11)12)63-65(83-88(28,29)70(16,17)18)64(82-87(26,27)69(13,14)15)62-56(79-63)37-34-52(77-62)40-49(72)41-54-59(43-58(76-51)47(45)3)78-60(61(54)73-19)42-53(80-85(22,23)67(7,8)9)44-74-84(20,21)66(4,5)6/h31,35,45,50-65H,2-3,30,32-34,36-44H2,1,4-29H3/b35-31+/t45-,50?,51+,52?,53?,54?,55?,56+,57?,58?,59?,60-,61-,62+,63?,64?,65?/m1/s1. The summed E-state index contributed by atoms with van der Waals surface area (Å²) in [7, 11) is -10.4. The van der Waals surface area contributed by atoms with Gasteiger partial charge in [0.2, 0.25) is 0 Å². The van der Waals surface area contributed by atoms with E-state index in [2.05, 4.69) is 189 Å². The van der Waals surface area contributed by atoms with Gasteiger partial charge in [-0.25, -0.2) is 0 Å². The number of ketones is 2. The fraction of sp³-hybridized carbons (Fsp3) is 0.886. The second-order valence-corrected chi connectivity index (χ2v) is 59.4. The Balaban J connectivity index is 1.45. The van der Waals surface area contributed by atoms with Crippen molar-refractivity contribution >= 4 is 53.2 Å². The first-order chi connectivity index (χ1) is 40.0. The maximum atomic E-state index is 15.4. The van der Waals surface area contributed by atoms with Crippen LogP contribution >= 0.6 is 0 Å². The SMILES string of the molecule is C=C1CC2CCC(=O)/C=C/C(O[Si](C)(C)C(C)(C)C)C3O[C@H]4CCC(CC(=O)CC5C(CC6O[C@@H](CCC1O2)C[C@@H](C)C6=C)O[C@H](CC(CO[Si](C)(C)C(C)(C)C)O[Si](C)(C)C(C)(C)C)[C@@H]5OC)O[C@@H]4C(O[Si](C)(C)C(C)(C)C)C3O[Si](C)(C)C(C)(C)C. The number of allylic oxidation sites excluding steroid dienone is 1. The lowest BCUT2D eigenvalue weighted by atomic mass is 9.81. The third-order valence-corrected chi connectivity index (χ3v) is 46.0. The number of fused-ring (bicyclic) bond motifs is 2. The molecule has 508 valence electrons. The fourth-order valence-electron chi connectivity index (χ4n) is 12.4. The number of ether oxygens (including phenoxy) is 6. The van der Waals surface area contributed by atoms with Crippen molar-refractivity contribution in [3.05, 3.63) is 36.5 Å². The van der Waals surface area contributed by atoms with Gasteiger partial charge in [-0.1, -0.05) is 130 Å². The van der Waals surface area contributed by atoms with Crippen molar-refractivity contribution in [2.75, 3.05) is 13.7 Å². The van der Waals surface area contributed by atoms with Gasteiger partial charge in [-0.05, 0) is 159 Å². The summed E-state index contributed by atoms with van der Waals surface area (Å²) in [6.45, 7) is 68.9. The van der Waals surface area contributed by atoms with E-state index in [0.29, 0.717) is 45.1 Å². The zero-order valence-electron chi connectivity index (χ0n) is 60.9. The van der Waals surface area contributed by atoms with Crippen LogP contribution in [0.2, 0.25) is 90.7 Å². The Morgan fingerprint density at radius 3 is 1.62 bits per heavy atom. The molecule has 11 unspecified atom stereocenters. The first-order valence-electron chi connectivity index (χ1n) is 34.2. The van der Waals surface area contributed by atoms with E-state index in [1.54, 1.807) is 13.2 Å². The highest BCUT2D eigenvalue weighted by Crippen LogP contribution is 2.50. The highest BCUT2D eigenvalue weighted by molar-refractivity contribution is 6.76. The third kappa shape index (κ3) is 18.6. The van der Waals surface area contributed by atoms with Crippen LogP contribution in [0.1, 0.15) is 188 Å². The van der Waals surface area contributed by atoms with E-state index in [1.807, 2.05) is 6.08 Å². The van der Waals surface area contributed by atoms with Crippen molar-refractivity contribution in [2.45, 2.75) is 370 Å². The van der Waals surface area contributed by atoms with Crippen molar-refractivity contribution in [1.82, 2.24) is 0 Å². The fourth-order valence-corrected chi connectivity index (χ4v) is 18.7. The highest BCUT2D eigenvalue weighted by Gasteiger charge is 2.59. The van der Waals surface area contributed by atoms with Gasteiger partial charge in [0.15, 0.2) is 47.4 Å². The molecule has 0 aromatic rings. The maximum Gasteiger partial charge on any atom is 0.193 e. The number of carbonyl (C=O) groups is 2. The molecule has 8 bridgehead atoms. The Morgan fingerprint density at radius 1 is 0.545 bits per heavy atom. The van der Waals surface area contributed by atoms with Crippen molar-refractivity contribution in [3.63, 3.8) is 0 Å². The van der Waals surface area contributed by atoms with E-state index in [-0.39, 0.29) is 110 Å². The summed E-state index contributed by atoms with van der Waals surface area (Å²) in [6, 6.07) is 0. The van der Waals surface area contributed by atoms with E-state index in [1.165, 1.54) is 0 Å². The first kappa shape index (κ1) is 76.2. The third-order valence-electron chi connectivity index (χ3n) is 23.5. The molecule has 8 heterocycles. The number of rotatable bonds is 14. The topological polar surface area (TPSA) is 136 Å². The minimum atomic E-state index is -2.60. The van der Waals surface area contributed by atoms with Gasteiger partial charge in [0, 0.05) is 45.1 Å². The molecule has 88 heavy (non-hydrogen) atoms. The molecule has 18 heteroatoms. The summed E-state index contributed by atoms with van der Waals surface area (Å²) in [5, 5.41) is -0.482. The van der Waals surface area contributed by atoms with E-state index < -0.39 is 84.3 Å². The van der Waals surface area contributed by atoms with Crippen LogP contribution in [0.3, 0.4) is 0 Å². The summed E-state index contributed by atoms with van der Waals surface area (Å²) in [5.74, 6) is 0.0629. The van der Waals surface area contributed by atoms with E-state index >= 15 is 4.79 Å². The van der Waals surface area contributed by atoms with Crippen LogP contribution < -0.4 is 0 Å². The number of hydrogen-bond acceptors (Lipinski definition) is 13. The van der Waals surface area contributed by atoms with Gasteiger partial charge < -0.3 is 50.6 Å². The molecule has 5 saturated heterocycles. The molecule has 13 nitrogen and oxygen atoms in total. The summed E-state index contributed by atoms with van der Waals surface area (Å²) >= 11 is 0. The molecule has 0 spiro atoms. The average Bonchev–Trinajstić information content (AvgIpc) is 3.91. The second-order valence-electron chi connectivity index (χ2n) is 35.5. The summed E-state index contributed by atoms with van der Waals surface area (Å²) in [4.78, 5) is 29.7. The molecule has 8 aliphatic heterocycles. The molecular formula is C70H130O13Si5. The normalized spacial score (nSPS) is 34.5. The van der Waals surface area contributed by atoms with Crippen molar-refractivity contribution in [3.8, 4) is 0 Å². The minimum absolute atomic E-state index is 0.0171. The Kier molecular flexibility index (Phi) is 24.7. The second kappa shape index (κ2) is 28.5. The molecule has 0 aromatic heterocycles. The number of methoxy groups -OCH3 is 1. The van der Waals surface area contributed by atoms with Crippen LogP contribution in [0.4, 0.5) is 0 Å². The lowest BCUT2D eigenvalue weighted by molar-refractivity contribution is -0.266. The van der Waals surface area contributed by atoms with E-state index in [0.717, 1.165) is 36.8 Å². The minimum Gasteiger partial charge on any atom is -0.414 e. The van der Waals surface area contributed by atoms with Crippen LogP contribution in [0.25, 0.3) is 0 Å². The lowest BCUT2D eigenvalue weighted by Gasteiger charge is -2.56. The maximum absolute atomic E-state index is 15.4. The summed E-state index contributed by atoms with van der Waals surface area (Å²) in [6.07, 6.45) is 4.93. The molecular weight excluding hydrogens is 1190 g/mol. The molecule has 8 rings (SSSR count). The van der Waals surface area contributed by atoms with Crippen LogP contribution in [0, 0.1) is 11.8 Å². The Hall–Kier alpha value is -0.796. The highest BCUT2D eigenvalue weighted by atomic mass is 28.4. The number of hydrogen-bond donors (Lipinski definition) is 0. The lowest BCUT2D eigenvalue weighted by Crippen LogP contribution is -2.69. The largest absolute Gasteiger partial charge is 0.414 e. The molecule has 0 radical (unpaired) electrons. The van der Waals surface area contributed by atoms with Crippen molar-refractivity contribution in [1.29, 1.82) is 0 Å². The molecule has 0 aromatic carbocycles. The zero-order chi connectivity index (χ0) is 66.5. The van der Waals surface area contributed by atoms with Gasteiger partial charge in [-0.15, -0.1) is 0 Å². The average molecular weight is 1320 g/mol. The molecule has 0 aliphatic carbocycles. The van der Waals surface area contributed by atoms with Gasteiger partial charge in [-0.3, -0.25) is 9.59 Å². The Labute approximate surface area is 542 Å². The van der Waals surface area contributed by atoms with E-state index in [4.69, 9.17) is 50.6 Å². The molecule has 0 amide bonds. The molecule has 17 atom stereocenters. The van der Waals surface area contributed by atoms with Crippen LogP contribution in [0.5, 0.6) is 0 Å². The van der Waals surface area contributed by atoms with Gasteiger partial charge in [-0.2, -0.15) is 0 Å². The number of carbonyl (C=O) groups excluding carboxylic acids is 2. The number of Topliss-reactive ketones (excluding diaryl/α,β-unsaturated/α-hetero) is 1. The smallest absolute Gasteiger partial charge is 0.193 e. The van der Waals surface area contributed by atoms with Crippen molar-refractivity contribution < 1.29 is 60.1 Å². The summed E-state index contributed by atoms with van der Waals surface area (Å²) in [5.41, 5.74) is 2.13. The van der Waals surface area contributed by atoms with Crippen LogP contribution in [-0.4, -0.2) is 158 Å². The molecule has 5 fully saturated rings. The zero-order valence-corrected chi connectivity index (χ0v) is 65.9. The quantitative estimate of drug-likeness (QED) is 0.121. The van der Waals surface area contributed by atoms with Gasteiger partial charge in [0.25, 0.3) is 0 Å². The van der Waals surface area contributed by atoms with Gasteiger partial charge >= 0.3 is 0 Å². The Bertz CT molecular complexity index is 2410. The molecule has 0 saturated carbocycles. The monoisotopic (exact) mass is 1320 g/mol. The molecule has 8 aliphatic rings. The van der Waals surface area contributed by atoms with Gasteiger partial charge in [0.1, 0.15) is 30.2 Å². The summed E-state index contributed by atoms with van der Waals surface area (Å²) < 4.78 is 80.3. The molecule has 0 N–H and O–H groups in total. The van der Waals surface area contributed by atoms with E-state index in [9.17, 15) is 4.79 Å². The van der Waals surface area contributed by atoms with Gasteiger partial charge in [0.05, 0.1) is 73.8 Å². The van der Waals surface area contributed by atoms with Crippen LogP contribution in [0.15, 0.2) is 36.5 Å². The van der Waals surface area contributed by atoms with Crippen molar-refractivity contribution in [2.24, 2.45) is 11.8 Å². The Morgan fingerprint density at radius 2 is 1.07 bits per heavy atom. The predicted octanol–water partition coefficient (Wildman–Crippen LogP) is 17.2. The van der Waals surface area contributed by atoms with Crippen LogP contribution in [-0.2, 0) is 60.1 Å². The first-order valence-corrected chi connectivity index (χ1v) is 48.8. The predicted molar refractivity (Wildman–Crippen MR) is 371 cm³/mol.